The Hall–Kier alpha value is -1.46. The van der Waals surface area contributed by atoms with Crippen LogP contribution in [0.15, 0.2) is 29.9 Å². The summed E-state index contributed by atoms with van der Waals surface area (Å²) in [5.41, 5.74) is 2.49. The molecule has 1 aliphatic heterocycles. The molecule has 3 heterocycles. The molecule has 3 rings (SSSR count). The van der Waals surface area contributed by atoms with E-state index in [0.29, 0.717) is 6.04 Å². The molecule has 0 saturated carbocycles. The quantitative estimate of drug-likeness (QED) is 0.908. The van der Waals surface area contributed by atoms with Gasteiger partial charge in [-0.3, -0.25) is 4.98 Å². The first-order valence-corrected chi connectivity index (χ1v) is 7.52. The van der Waals surface area contributed by atoms with E-state index in [1.807, 2.05) is 25.5 Å². The topological polar surface area (TPSA) is 41.1 Å². The number of hydrogen-bond donors (Lipinski definition) is 1. The second kappa shape index (κ2) is 5.67. The van der Waals surface area contributed by atoms with Crippen molar-refractivity contribution in [3.8, 4) is 0 Å². The molecule has 19 heavy (non-hydrogen) atoms. The summed E-state index contributed by atoms with van der Waals surface area (Å²) in [5, 5.41) is 6.50. The summed E-state index contributed by atoms with van der Waals surface area (Å²) < 4.78 is 0. The minimum Gasteiger partial charge on any atom is -0.360 e. The molecule has 0 amide bonds. The third-order valence-corrected chi connectivity index (χ3v) is 4.42. The summed E-state index contributed by atoms with van der Waals surface area (Å²) in [7, 11) is 2.00. The summed E-state index contributed by atoms with van der Waals surface area (Å²) in [6.45, 7) is 2.04. The van der Waals surface area contributed by atoms with Gasteiger partial charge in [-0.2, -0.15) is 0 Å². The van der Waals surface area contributed by atoms with Gasteiger partial charge in [-0.1, -0.05) is 0 Å². The monoisotopic (exact) mass is 274 g/mol. The van der Waals surface area contributed by atoms with E-state index in [-0.39, 0.29) is 0 Å². The van der Waals surface area contributed by atoms with Gasteiger partial charge in [0.2, 0.25) is 0 Å². The lowest BCUT2D eigenvalue weighted by Crippen LogP contribution is -2.29. The number of pyridine rings is 1. The second-order valence-electron chi connectivity index (χ2n) is 4.69. The molecule has 0 spiro atoms. The number of fused-ring (bicyclic) bond motifs is 1. The molecule has 1 N–H and O–H groups in total. The molecule has 0 unspecified atom stereocenters. The lowest BCUT2D eigenvalue weighted by atomic mass is 10.1. The standard InChI is InChI=1S/C14H18N4S/c1-15-7-4-13(14-17-8-10-19-14)18-9-5-11-12(18)3-2-6-16-11/h2-3,6,8,10,13,15H,4-5,7,9H2,1H3/t13-/m1/s1. The van der Waals surface area contributed by atoms with Gasteiger partial charge in [0.1, 0.15) is 5.01 Å². The van der Waals surface area contributed by atoms with E-state index < -0.39 is 0 Å². The number of rotatable bonds is 5. The van der Waals surface area contributed by atoms with Crippen molar-refractivity contribution in [1.82, 2.24) is 15.3 Å². The van der Waals surface area contributed by atoms with E-state index in [1.165, 1.54) is 16.4 Å². The number of thiazole rings is 1. The zero-order valence-corrected chi connectivity index (χ0v) is 11.9. The molecule has 0 saturated heterocycles. The molecule has 0 bridgehead atoms. The van der Waals surface area contributed by atoms with Gasteiger partial charge in [0.05, 0.1) is 17.4 Å². The van der Waals surface area contributed by atoms with Crippen LogP contribution in [-0.4, -0.2) is 30.1 Å². The van der Waals surface area contributed by atoms with E-state index in [0.717, 1.165) is 25.9 Å². The van der Waals surface area contributed by atoms with E-state index in [9.17, 15) is 0 Å². The van der Waals surface area contributed by atoms with Crippen molar-refractivity contribution in [3.63, 3.8) is 0 Å². The fraction of sp³-hybridized carbons (Fsp3) is 0.429. The summed E-state index contributed by atoms with van der Waals surface area (Å²) in [4.78, 5) is 11.5. The van der Waals surface area contributed by atoms with Crippen molar-refractivity contribution in [2.24, 2.45) is 0 Å². The third kappa shape index (κ3) is 2.48. The van der Waals surface area contributed by atoms with Gasteiger partial charge >= 0.3 is 0 Å². The Morgan fingerprint density at radius 2 is 2.37 bits per heavy atom. The van der Waals surface area contributed by atoms with Crippen molar-refractivity contribution in [3.05, 3.63) is 40.6 Å². The zero-order chi connectivity index (χ0) is 13.1. The second-order valence-corrected chi connectivity index (χ2v) is 5.62. The fourth-order valence-electron chi connectivity index (χ4n) is 2.65. The number of aromatic nitrogens is 2. The smallest absolute Gasteiger partial charge is 0.115 e. The minimum atomic E-state index is 0.359. The van der Waals surface area contributed by atoms with Crippen molar-refractivity contribution >= 4 is 17.0 Å². The van der Waals surface area contributed by atoms with E-state index in [2.05, 4.69) is 31.6 Å². The first-order chi connectivity index (χ1) is 9.40. The predicted molar refractivity (Wildman–Crippen MR) is 78.7 cm³/mol. The number of anilines is 1. The zero-order valence-electron chi connectivity index (χ0n) is 11.0. The third-order valence-electron chi connectivity index (χ3n) is 3.55. The minimum absolute atomic E-state index is 0.359. The van der Waals surface area contributed by atoms with E-state index >= 15 is 0 Å². The van der Waals surface area contributed by atoms with Gasteiger partial charge in [0.25, 0.3) is 0 Å². The van der Waals surface area contributed by atoms with Crippen LogP contribution in [0.4, 0.5) is 5.69 Å². The van der Waals surface area contributed by atoms with Gasteiger partial charge in [-0.15, -0.1) is 11.3 Å². The van der Waals surface area contributed by atoms with E-state index in [4.69, 9.17) is 0 Å². The molecule has 5 heteroatoms. The Labute approximate surface area is 117 Å². The highest BCUT2D eigenvalue weighted by Crippen LogP contribution is 2.36. The molecule has 1 atom stereocenters. The normalized spacial score (nSPS) is 15.5. The number of nitrogens with one attached hydrogen (secondary N) is 1. The Bertz CT molecular complexity index is 526. The van der Waals surface area contributed by atoms with Crippen molar-refractivity contribution in [2.75, 3.05) is 25.0 Å². The van der Waals surface area contributed by atoms with Crippen LogP contribution in [-0.2, 0) is 6.42 Å². The van der Waals surface area contributed by atoms with Crippen LogP contribution in [0, 0.1) is 0 Å². The highest BCUT2D eigenvalue weighted by atomic mass is 32.1. The largest absolute Gasteiger partial charge is 0.360 e. The van der Waals surface area contributed by atoms with E-state index in [1.54, 1.807) is 11.3 Å². The van der Waals surface area contributed by atoms with Crippen LogP contribution in [0.25, 0.3) is 0 Å². The van der Waals surface area contributed by atoms with Gasteiger partial charge in [0, 0.05) is 30.7 Å². The summed E-state index contributed by atoms with van der Waals surface area (Å²) in [6, 6.07) is 4.56. The predicted octanol–water partition coefficient (Wildman–Crippen LogP) is 2.25. The molecule has 0 radical (unpaired) electrons. The van der Waals surface area contributed by atoms with Crippen LogP contribution in [0.2, 0.25) is 0 Å². The first-order valence-electron chi connectivity index (χ1n) is 6.64. The average Bonchev–Trinajstić information content (AvgIpc) is 3.09. The van der Waals surface area contributed by atoms with Gasteiger partial charge < -0.3 is 10.2 Å². The van der Waals surface area contributed by atoms with Crippen LogP contribution in [0.1, 0.15) is 23.2 Å². The van der Waals surface area contributed by atoms with Crippen LogP contribution < -0.4 is 10.2 Å². The highest BCUT2D eigenvalue weighted by molar-refractivity contribution is 7.09. The Morgan fingerprint density at radius 3 is 3.16 bits per heavy atom. The van der Waals surface area contributed by atoms with Gasteiger partial charge in [-0.25, -0.2) is 4.98 Å². The molecule has 1 aliphatic rings. The number of hydrogen-bond acceptors (Lipinski definition) is 5. The van der Waals surface area contributed by atoms with Crippen LogP contribution in [0.5, 0.6) is 0 Å². The summed E-state index contributed by atoms with van der Waals surface area (Å²) >= 11 is 1.74. The van der Waals surface area contributed by atoms with Crippen molar-refractivity contribution in [2.45, 2.75) is 18.9 Å². The molecular weight excluding hydrogens is 256 g/mol. The van der Waals surface area contributed by atoms with Gasteiger partial charge in [-0.05, 0) is 32.1 Å². The van der Waals surface area contributed by atoms with Crippen molar-refractivity contribution < 1.29 is 0 Å². The molecule has 0 fully saturated rings. The maximum atomic E-state index is 4.52. The lowest BCUT2D eigenvalue weighted by molar-refractivity contribution is 0.566. The molecule has 0 aliphatic carbocycles. The highest BCUT2D eigenvalue weighted by Gasteiger charge is 2.28. The fourth-order valence-corrected chi connectivity index (χ4v) is 3.43. The molecule has 100 valence electrons. The maximum absolute atomic E-state index is 4.52. The first kappa shape index (κ1) is 12.6. The van der Waals surface area contributed by atoms with Gasteiger partial charge in [0.15, 0.2) is 0 Å². The Balaban J connectivity index is 1.89. The lowest BCUT2D eigenvalue weighted by Gasteiger charge is -2.28. The molecule has 4 nitrogen and oxygen atoms in total. The Morgan fingerprint density at radius 1 is 1.42 bits per heavy atom. The molecule has 2 aromatic rings. The summed E-state index contributed by atoms with van der Waals surface area (Å²) in [6.07, 6.45) is 5.89. The Kier molecular flexibility index (Phi) is 3.75. The van der Waals surface area contributed by atoms with Crippen LogP contribution >= 0.6 is 11.3 Å². The molecular formula is C14H18N4S. The molecule has 0 aromatic carbocycles. The number of nitrogens with zero attached hydrogens (tertiary/aromatic N) is 3. The summed E-state index contributed by atoms with van der Waals surface area (Å²) in [5.74, 6) is 0. The SMILES string of the molecule is CNCC[C@H](c1nccs1)N1CCc2ncccc21. The average molecular weight is 274 g/mol. The van der Waals surface area contributed by atoms with Crippen LogP contribution in [0.3, 0.4) is 0 Å². The van der Waals surface area contributed by atoms with Crippen molar-refractivity contribution in [1.29, 1.82) is 0 Å². The maximum Gasteiger partial charge on any atom is 0.115 e. The molecule has 2 aromatic heterocycles.